The maximum atomic E-state index is 11.1. The van der Waals surface area contributed by atoms with Crippen LogP contribution in [-0.4, -0.2) is 48.8 Å². The first-order valence-electron chi connectivity index (χ1n) is 5.59. The molecule has 0 spiro atoms. The van der Waals surface area contributed by atoms with Gasteiger partial charge in [-0.2, -0.15) is 0 Å². The van der Waals surface area contributed by atoms with Crippen molar-refractivity contribution >= 4 is 5.97 Å². The van der Waals surface area contributed by atoms with E-state index in [9.17, 15) is 4.79 Å². The van der Waals surface area contributed by atoms with Crippen LogP contribution in [0.2, 0.25) is 0 Å². The zero-order valence-electron chi connectivity index (χ0n) is 10.7. The molecule has 0 radical (unpaired) electrons. The summed E-state index contributed by atoms with van der Waals surface area (Å²) < 4.78 is 1.70. The molecule has 0 fully saturated rings. The van der Waals surface area contributed by atoms with Crippen molar-refractivity contribution in [3.05, 3.63) is 5.82 Å². The topological polar surface area (TPSA) is 84.1 Å². The molecular formula is C10H19N5O2. The van der Waals surface area contributed by atoms with Gasteiger partial charge in [0.05, 0.1) is 6.54 Å². The third-order valence-electron chi connectivity index (χ3n) is 2.90. The van der Waals surface area contributed by atoms with Crippen LogP contribution in [0.1, 0.15) is 33.0 Å². The molecule has 0 bridgehead atoms. The highest BCUT2D eigenvalue weighted by molar-refractivity contribution is 5.77. The third-order valence-corrected chi connectivity index (χ3v) is 2.90. The van der Waals surface area contributed by atoms with Gasteiger partial charge in [-0.1, -0.05) is 6.92 Å². The Balaban J connectivity index is 2.77. The van der Waals surface area contributed by atoms with Gasteiger partial charge in [0.25, 0.3) is 0 Å². The molecule has 0 aliphatic rings. The number of carboxylic acid groups (broad SMARTS) is 1. The number of likely N-dealkylation sites (N-methyl/N-ethyl adjacent to an activating group) is 1. The largest absolute Gasteiger partial charge is 0.480 e. The summed E-state index contributed by atoms with van der Waals surface area (Å²) in [5.74, 6) is -0.182. The van der Waals surface area contributed by atoms with Crippen LogP contribution in [0.5, 0.6) is 0 Å². The van der Waals surface area contributed by atoms with Gasteiger partial charge < -0.3 is 5.11 Å². The number of rotatable bonds is 6. The molecule has 96 valence electrons. The lowest BCUT2D eigenvalue weighted by Crippen LogP contribution is -2.47. The van der Waals surface area contributed by atoms with Crippen LogP contribution in [0, 0.1) is 0 Å². The van der Waals surface area contributed by atoms with Gasteiger partial charge in [-0.05, 0) is 37.7 Å². The highest BCUT2D eigenvalue weighted by atomic mass is 16.4. The molecule has 1 rings (SSSR count). The Kier molecular flexibility index (Phi) is 4.17. The van der Waals surface area contributed by atoms with E-state index >= 15 is 0 Å². The molecule has 0 atom stereocenters. The van der Waals surface area contributed by atoms with E-state index in [2.05, 4.69) is 15.5 Å². The van der Waals surface area contributed by atoms with Crippen LogP contribution < -0.4 is 0 Å². The van der Waals surface area contributed by atoms with E-state index in [1.165, 1.54) is 0 Å². The average molecular weight is 241 g/mol. The second kappa shape index (κ2) is 5.22. The molecule has 7 nitrogen and oxygen atoms in total. The van der Waals surface area contributed by atoms with Crippen molar-refractivity contribution in [2.24, 2.45) is 0 Å². The van der Waals surface area contributed by atoms with E-state index in [0.29, 0.717) is 12.4 Å². The molecule has 1 heterocycles. The van der Waals surface area contributed by atoms with Gasteiger partial charge in [-0.15, -0.1) is 5.10 Å². The molecule has 0 unspecified atom stereocenters. The number of hydrogen-bond acceptors (Lipinski definition) is 5. The Morgan fingerprint density at radius 3 is 2.71 bits per heavy atom. The summed E-state index contributed by atoms with van der Waals surface area (Å²) in [6.45, 7) is 6.50. The summed E-state index contributed by atoms with van der Waals surface area (Å²) in [7, 11) is 1.75. The molecule has 0 aliphatic carbocycles. The number of nitrogens with zero attached hydrogens (tertiary/aromatic N) is 5. The third kappa shape index (κ3) is 3.00. The first-order valence-corrected chi connectivity index (χ1v) is 5.59. The zero-order valence-corrected chi connectivity index (χ0v) is 10.7. The van der Waals surface area contributed by atoms with E-state index < -0.39 is 11.5 Å². The van der Waals surface area contributed by atoms with Crippen molar-refractivity contribution in [2.75, 3.05) is 7.05 Å². The van der Waals surface area contributed by atoms with Gasteiger partial charge in [0.2, 0.25) is 0 Å². The summed E-state index contributed by atoms with van der Waals surface area (Å²) in [4.78, 5) is 12.8. The van der Waals surface area contributed by atoms with E-state index in [1.54, 1.807) is 30.5 Å². The second-order valence-corrected chi connectivity index (χ2v) is 4.54. The molecule has 7 heteroatoms. The SMILES string of the molecule is CCCn1nnnc1CN(C)C(C)(C)C(=O)O. The summed E-state index contributed by atoms with van der Waals surface area (Å²) in [5.41, 5.74) is -0.941. The zero-order chi connectivity index (χ0) is 13.1. The van der Waals surface area contributed by atoms with Gasteiger partial charge in [-0.25, -0.2) is 4.68 Å². The Morgan fingerprint density at radius 2 is 2.18 bits per heavy atom. The van der Waals surface area contributed by atoms with E-state index in [-0.39, 0.29) is 0 Å². The number of hydrogen-bond donors (Lipinski definition) is 1. The van der Waals surface area contributed by atoms with E-state index in [1.807, 2.05) is 6.92 Å². The molecular weight excluding hydrogens is 222 g/mol. The van der Waals surface area contributed by atoms with Crippen molar-refractivity contribution in [2.45, 2.75) is 45.8 Å². The monoisotopic (exact) mass is 241 g/mol. The lowest BCUT2D eigenvalue weighted by Gasteiger charge is -2.30. The van der Waals surface area contributed by atoms with Crippen LogP contribution in [0.4, 0.5) is 0 Å². The fraction of sp³-hybridized carbons (Fsp3) is 0.800. The van der Waals surface area contributed by atoms with Crippen LogP contribution in [0.3, 0.4) is 0 Å². The molecule has 17 heavy (non-hydrogen) atoms. The summed E-state index contributed by atoms with van der Waals surface area (Å²) >= 11 is 0. The molecule has 1 N–H and O–H groups in total. The van der Waals surface area contributed by atoms with Gasteiger partial charge in [0, 0.05) is 6.54 Å². The molecule has 0 saturated carbocycles. The second-order valence-electron chi connectivity index (χ2n) is 4.54. The number of carbonyl (C=O) groups is 1. The summed E-state index contributed by atoms with van der Waals surface area (Å²) in [6, 6.07) is 0. The van der Waals surface area contributed by atoms with Gasteiger partial charge >= 0.3 is 5.97 Å². The average Bonchev–Trinajstić information content (AvgIpc) is 2.66. The molecule has 1 aromatic rings. The van der Waals surface area contributed by atoms with Gasteiger partial charge in [-0.3, -0.25) is 9.69 Å². The van der Waals surface area contributed by atoms with Crippen LogP contribution >= 0.6 is 0 Å². The van der Waals surface area contributed by atoms with Crippen molar-refractivity contribution in [3.8, 4) is 0 Å². The maximum absolute atomic E-state index is 11.1. The lowest BCUT2D eigenvalue weighted by molar-refractivity contribution is -0.148. The quantitative estimate of drug-likeness (QED) is 0.775. The number of aryl methyl sites for hydroxylation is 1. The van der Waals surface area contributed by atoms with Gasteiger partial charge in [0.15, 0.2) is 5.82 Å². The highest BCUT2D eigenvalue weighted by Gasteiger charge is 2.32. The number of aliphatic carboxylic acids is 1. The normalized spacial score (nSPS) is 12.1. The summed E-state index contributed by atoms with van der Waals surface area (Å²) in [6.07, 6.45) is 0.935. The number of aromatic nitrogens is 4. The maximum Gasteiger partial charge on any atom is 0.323 e. The first kappa shape index (κ1) is 13.6. The fourth-order valence-corrected chi connectivity index (χ4v) is 1.30. The molecule has 0 aromatic carbocycles. The standard InChI is InChI=1S/C10H19N5O2/c1-5-6-15-8(11-12-13-15)7-14(4)10(2,3)9(16)17/h5-7H2,1-4H3,(H,16,17). The van der Waals surface area contributed by atoms with Crippen molar-refractivity contribution in [1.82, 2.24) is 25.1 Å². The summed E-state index contributed by atoms with van der Waals surface area (Å²) in [5, 5.41) is 20.5. The van der Waals surface area contributed by atoms with Crippen molar-refractivity contribution in [1.29, 1.82) is 0 Å². The van der Waals surface area contributed by atoms with Crippen LogP contribution in [0.15, 0.2) is 0 Å². The lowest BCUT2D eigenvalue weighted by atomic mass is 10.0. The Hall–Kier alpha value is -1.50. The van der Waals surface area contributed by atoms with Crippen LogP contribution in [0.25, 0.3) is 0 Å². The molecule has 1 aromatic heterocycles. The van der Waals surface area contributed by atoms with Gasteiger partial charge in [0.1, 0.15) is 5.54 Å². The first-order chi connectivity index (χ1) is 7.89. The predicted molar refractivity (Wildman–Crippen MR) is 61.3 cm³/mol. The Bertz CT molecular complexity index is 388. The molecule has 0 aliphatic heterocycles. The smallest absolute Gasteiger partial charge is 0.323 e. The Labute approximate surface area is 100 Å². The van der Waals surface area contributed by atoms with Crippen molar-refractivity contribution < 1.29 is 9.90 Å². The Morgan fingerprint density at radius 1 is 1.53 bits per heavy atom. The molecule has 0 amide bonds. The number of carboxylic acids is 1. The minimum Gasteiger partial charge on any atom is -0.480 e. The minimum absolute atomic E-state index is 0.409. The van der Waals surface area contributed by atoms with E-state index in [4.69, 9.17) is 5.11 Å². The van der Waals surface area contributed by atoms with E-state index in [0.717, 1.165) is 13.0 Å². The number of tetrazole rings is 1. The molecule has 0 saturated heterocycles. The fourth-order valence-electron chi connectivity index (χ4n) is 1.30. The van der Waals surface area contributed by atoms with Crippen LogP contribution in [-0.2, 0) is 17.9 Å². The highest BCUT2D eigenvalue weighted by Crippen LogP contribution is 2.14. The minimum atomic E-state index is -0.941. The van der Waals surface area contributed by atoms with Crippen molar-refractivity contribution in [3.63, 3.8) is 0 Å². The predicted octanol–water partition coefficient (Wildman–Crippen LogP) is 0.378.